The van der Waals surface area contributed by atoms with Crippen LogP contribution in [0.1, 0.15) is 51.8 Å². The zero-order chi connectivity index (χ0) is 33.4. The summed E-state index contributed by atoms with van der Waals surface area (Å²) in [6.07, 6.45) is 1.96. The summed E-state index contributed by atoms with van der Waals surface area (Å²) in [6.45, 7) is 8.17. The number of hydrogen-bond donors (Lipinski definition) is 3. The van der Waals surface area contributed by atoms with Crippen molar-refractivity contribution in [2.24, 2.45) is 0 Å². The highest BCUT2D eigenvalue weighted by Gasteiger charge is 2.39. The van der Waals surface area contributed by atoms with Gasteiger partial charge in [0, 0.05) is 13.2 Å². The van der Waals surface area contributed by atoms with Crippen molar-refractivity contribution in [3.63, 3.8) is 0 Å². The fourth-order valence-electron chi connectivity index (χ4n) is 4.08. The molecule has 0 aliphatic rings. The average Bonchev–Trinajstić information content (AvgIpc) is 3.43. The Morgan fingerprint density at radius 3 is 2.22 bits per heavy atom. The number of carboxylic acid groups (broad SMARTS) is 1. The number of benzene rings is 2. The number of methoxy groups -OCH3 is 1. The fourth-order valence-corrected chi connectivity index (χ4v) is 4.08. The number of aliphatic carboxylic acids is 1. The number of nitrogens with one attached hydrogen (secondary N) is 2. The van der Waals surface area contributed by atoms with Crippen molar-refractivity contribution in [3.05, 3.63) is 78.2 Å². The van der Waals surface area contributed by atoms with Crippen LogP contribution in [-0.4, -0.2) is 81.4 Å². The van der Waals surface area contributed by atoms with E-state index in [1.54, 1.807) is 45.0 Å². The van der Waals surface area contributed by atoms with E-state index in [4.69, 9.17) is 14.2 Å². The Bertz CT molecular complexity index is 1460. The summed E-state index contributed by atoms with van der Waals surface area (Å²) in [4.78, 5) is 57.1. The summed E-state index contributed by atoms with van der Waals surface area (Å²) in [5.74, 6) is -1.79. The van der Waals surface area contributed by atoms with E-state index in [2.05, 4.69) is 15.6 Å². The van der Waals surface area contributed by atoms with Gasteiger partial charge in [-0.1, -0.05) is 42.5 Å². The van der Waals surface area contributed by atoms with Crippen LogP contribution in [0.2, 0.25) is 0 Å². The number of aromatic nitrogens is 2. The highest BCUT2D eigenvalue weighted by atomic mass is 16.6. The SMILES string of the molecule is COc1ccc(C(C(=O)O)n2cnc(NC(=O)C(COCc3ccccc3)NC(=O)C(C)(C)N(C)C(=O)OC(C)(C)C)c2)cc1. The van der Waals surface area contributed by atoms with Crippen molar-refractivity contribution in [2.45, 2.75) is 64.4 Å². The minimum atomic E-state index is -1.41. The summed E-state index contributed by atoms with van der Waals surface area (Å²) >= 11 is 0. The second-order valence-corrected chi connectivity index (χ2v) is 11.8. The molecule has 0 saturated carbocycles. The molecule has 3 amide bonds. The number of rotatable bonds is 13. The van der Waals surface area contributed by atoms with Crippen LogP contribution in [0.3, 0.4) is 0 Å². The number of anilines is 1. The molecule has 3 N–H and O–H groups in total. The topological polar surface area (TPSA) is 161 Å². The molecule has 1 aromatic heterocycles. The summed E-state index contributed by atoms with van der Waals surface area (Å²) in [5.41, 5.74) is -0.851. The Kier molecular flexibility index (Phi) is 11.3. The minimum absolute atomic E-state index is 0.0622. The molecular weight excluding hydrogens is 582 g/mol. The van der Waals surface area contributed by atoms with Gasteiger partial charge < -0.3 is 34.5 Å². The van der Waals surface area contributed by atoms with Gasteiger partial charge in [-0.2, -0.15) is 0 Å². The Morgan fingerprint density at radius 2 is 1.64 bits per heavy atom. The van der Waals surface area contributed by atoms with Crippen molar-refractivity contribution in [1.82, 2.24) is 19.8 Å². The summed E-state index contributed by atoms with van der Waals surface area (Å²) in [5, 5.41) is 15.2. The molecule has 2 atom stereocenters. The average molecular weight is 624 g/mol. The molecular formula is C32H41N5O8. The van der Waals surface area contributed by atoms with Crippen molar-refractivity contribution < 1.29 is 38.5 Å². The molecule has 2 unspecified atom stereocenters. The second kappa shape index (κ2) is 14.7. The zero-order valence-electron chi connectivity index (χ0n) is 26.6. The predicted molar refractivity (Wildman–Crippen MR) is 166 cm³/mol. The molecule has 0 fully saturated rings. The van der Waals surface area contributed by atoms with Gasteiger partial charge in [-0.3, -0.25) is 14.5 Å². The van der Waals surface area contributed by atoms with Gasteiger partial charge in [-0.05, 0) is 57.9 Å². The lowest BCUT2D eigenvalue weighted by Crippen LogP contribution is -2.60. The van der Waals surface area contributed by atoms with Crippen molar-refractivity contribution in [2.75, 3.05) is 26.1 Å². The largest absolute Gasteiger partial charge is 0.497 e. The van der Waals surface area contributed by atoms with Crippen LogP contribution in [-0.2, 0) is 30.5 Å². The quantitative estimate of drug-likeness (QED) is 0.257. The molecule has 0 saturated heterocycles. The first-order chi connectivity index (χ1) is 21.1. The Balaban J connectivity index is 1.79. The molecule has 13 heteroatoms. The number of hydrogen-bond acceptors (Lipinski definition) is 8. The molecule has 0 radical (unpaired) electrons. The number of likely N-dealkylation sites (N-methyl/N-ethyl adjacent to an activating group) is 1. The number of carbonyl (C=O) groups is 4. The fraction of sp³-hybridized carbons (Fsp3) is 0.406. The zero-order valence-corrected chi connectivity index (χ0v) is 26.6. The molecule has 3 aromatic rings. The van der Waals surface area contributed by atoms with Gasteiger partial charge in [0.1, 0.15) is 22.9 Å². The first kappa shape index (κ1) is 34.6. The molecule has 242 valence electrons. The first-order valence-corrected chi connectivity index (χ1v) is 14.2. The number of ether oxygens (including phenoxy) is 3. The van der Waals surface area contributed by atoms with Crippen LogP contribution in [0.5, 0.6) is 5.75 Å². The monoisotopic (exact) mass is 623 g/mol. The third kappa shape index (κ3) is 9.54. The lowest BCUT2D eigenvalue weighted by molar-refractivity contribution is -0.139. The van der Waals surface area contributed by atoms with Gasteiger partial charge in [-0.25, -0.2) is 14.6 Å². The number of carboxylic acids is 1. The van der Waals surface area contributed by atoms with Gasteiger partial charge in [0.05, 0.1) is 26.7 Å². The molecule has 0 bridgehead atoms. The second-order valence-electron chi connectivity index (χ2n) is 11.8. The van der Waals surface area contributed by atoms with Crippen LogP contribution in [0.15, 0.2) is 67.1 Å². The molecule has 13 nitrogen and oxygen atoms in total. The summed E-state index contributed by atoms with van der Waals surface area (Å²) in [7, 11) is 2.94. The van der Waals surface area contributed by atoms with Crippen LogP contribution in [0, 0.1) is 0 Å². The molecule has 0 aliphatic heterocycles. The molecule has 3 rings (SSSR count). The van der Waals surface area contributed by atoms with E-state index >= 15 is 0 Å². The van der Waals surface area contributed by atoms with Gasteiger partial charge in [-0.15, -0.1) is 0 Å². The maximum Gasteiger partial charge on any atom is 0.410 e. The van der Waals surface area contributed by atoms with Crippen molar-refractivity contribution in [3.8, 4) is 5.75 Å². The van der Waals surface area contributed by atoms with Crippen LogP contribution < -0.4 is 15.4 Å². The molecule has 2 aromatic carbocycles. The molecule has 1 heterocycles. The van der Waals surface area contributed by atoms with E-state index in [-0.39, 0.29) is 19.0 Å². The van der Waals surface area contributed by atoms with E-state index in [0.717, 1.165) is 10.5 Å². The molecule has 0 aliphatic carbocycles. The predicted octanol–water partition coefficient (Wildman–Crippen LogP) is 3.85. The summed E-state index contributed by atoms with van der Waals surface area (Å²) in [6, 6.07) is 13.5. The Labute approximate surface area is 262 Å². The van der Waals surface area contributed by atoms with Crippen LogP contribution >= 0.6 is 0 Å². The summed E-state index contributed by atoms with van der Waals surface area (Å²) < 4.78 is 17.7. The highest BCUT2D eigenvalue weighted by molar-refractivity contribution is 5.98. The van der Waals surface area contributed by atoms with E-state index in [1.807, 2.05) is 30.3 Å². The number of imidazole rings is 1. The van der Waals surface area contributed by atoms with Crippen molar-refractivity contribution in [1.29, 1.82) is 0 Å². The smallest absolute Gasteiger partial charge is 0.410 e. The van der Waals surface area contributed by atoms with Gasteiger partial charge in [0.25, 0.3) is 5.91 Å². The minimum Gasteiger partial charge on any atom is -0.497 e. The Hall–Kier alpha value is -4.91. The van der Waals surface area contributed by atoms with Crippen LogP contribution in [0.4, 0.5) is 10.6 Å². The lowest BCUT2D eigenvalue weighted by atomic mass is 10.0. The lowest BCUT2D eigenvalue weighted by Gasteiger charge is -2.36. The standard InChI is InChI=1S/C32H41N5O8/c1-31(2,3)45-30(42)36(6)32(4,5)29(41)34-24(19-44-18-21-11-9-8-10-12-21)27(38)35-25-17-37(20-33-25)26(28(39)40)22-13-15-23(43-7)16-14-22/h8-17,20,24,26H,18-19H2,1-7H3,(H,34,41)(H,35,38)(H,39,40). The van der Waals surface area contributed by atoms with Crippen molar-refractivity contribution >= 4 is 29.7 Å². The third-order valence-corrected chi connectivity index (χ3v) is 6.90. The van der Waals surface area contributed by atoms with Gasteiger partial charge >= 0.3 is 12.1 Å². The van der Waals surface area contributed by atoms with Gasteiger partial charge in [0.2, 0.25) is 5.91 Å². The maximum absolute atomic E-state index is 13.5. The normalized spacial score (nSPS) is 12.9. The maximum atomic E-state index is 13.5. The molecule has 0 spiro atoms. The Morgan fingerprint density at radius 1 is 1.00 bits per heavy atom. The van der Waals surface area contributed by atoms with Crippen LogP contribution in [0.25, 0.3) is 0 Å². The first-order valence-electron chi connectivity index (χ1n) is 14.2. The highest BCUT2D eigenvalue weighted by Crippen LogP contribution is 2.23. The van der Waals surface area contributed by atoms with E-state index in [1.165, 1.54) is 45.1 Å². The van der Waals surface area contributed by atoms with Gasteiger partial charge in [0.15, 0.2) is 11.9 Å². The number of carbonyl (C=O) groups excluding carboxylic acids is 3. The third-order valence-electron chi connectivity index (χ3n) is 6.90. The number of amides is 3. The van der Waals surface area contributed by atoms with E-state index in [9.17, 15) is 24.3 Å². The number of nitrogens with zero attached hydrogens (tertiary/aromatic N) is 3. The van der Waals surface area contributed by atoms with E-state index in [0.29, 0.717) is 11.3 Å². The van der Waals surface area contributed by atoms with E-state index < -0.39 is 47.1 Å². The molecule has 45 heavy (non-hydrogen) atoms.